The van der Waals surface area contributed by atoms with E-state index in [1.165, 1.54) is 12.1 Å². The number of hydrogen-bond acceptors (Lipinski definition) is 8. The van der Waals surface area contributed by atoms with Gasteiger partial charge in [-0.3, -0.25) is 4.98 Å². The van der Waals surface area contributed by atoms with Crippen molar-refractivity contribution in [3.63, 3.8) is 0 Å². The topological polar surface area (TPSA) is 75.6 Å². The number of benzene rings is 1. The maximum Gasteiger partial charge on any atom is 0.152 e. The van der Waals surface area contributed by atoms with Gasteiger partial charge in [0.05, 0.1) is 65.6 Å². The molecular formula is C30H33FN6O2. The molecule has 1 aromatic carbocycles. The summed E-state index contributed by atoms with van der Waals surface area (Å²) in [7, 11) is 0. The molecule has 0 aliphatic carbocycles. The predicted molar refractivity (Wildman–Crippen MR) is 152 cm³/mol. The maximum absolute atomic E-state index is 14.3. The van der Waals surface area contributed by atoms with Crippen LogP contribution in [0.25, 0.3) is 22.3 Å². The highest BCUT2D eigenvalue weighted by Crippen LogP contribution is 2.38. The lowest BCUT2D eigenvalue weighted by molar-refractivity contribution is -0.0277. The van der Waals surface area contributed by atoms with Crippen molar-refractivity contribution in [2.45, 2.75) is 26.4 Å². The van der Waals surface area contributed by atoms with Crippen LogP contribution in [0.3, 0.4) is 0 Å². The molecule has 5 heterocycles. The van der Waals surface area contributed by atoms with E-state index in [-0.39, 0.29) is 11.4 Å². The van der Waals surface area contributed by atoms with Gasteiger partial charge in [0.2, 0.25) is 0 Å². The van der Waals surface area contributed by atoms with E-state index < -0.39 is 0 Å². The predicted octanol–water partition coefficient (Wildman–Crippen LogP) is 5.33. The van der Waals surface area contributed by atoms with E-state index >= 15 is 0 Å². The number of halogens is 1. The van der Waals surface area contributed by atoms with Gasteiger partial charge < -0.3 is 24.6 Å². The minimum absolute atomic E-state index is 0.242. The van der Waals surface area contributed by atoms with Gasteiger partial charge in [0.15, 0.2) is 5.82 Å². The summed E-state index contributed by atoms with van der Waals surface area (Å²) in [4.78, 5) is 18.9. The molecule has 3 aromatic heterocycles. The lowest BCUT2D eigenvalue weighted by Gasteiger charge is -2.39. The second-order valence-corrected chi connectivity index (χ2v) is 10.7. The second kappa shape index (κ2) is 10.4. The van der Waals surface area contributed by atoms with Crippen molar-refractivity contribution < 1.29 is 13.9 Å². The Labute approximate surface area is 227 Å². The van der Waals surface area contributed by atoms with Crippen LogP contribution in [0.5, 0.6) is 0 Å². The Kier molecular flexibility index (Phi) is 6.78. The lowest BCUT2D eigenvalue weighted by Crippen LogP contribution is -2.48. The summed E-state index contributed by atoms with van der Waals surface area (Å²) in [5.41, 5.74) is 5.46. The number of fused-ring (bicyclic) bond motifs is 1. The molecule has 0 atom stereocenters. The molecule has 8 nitrogen and oxygen atoms in total. The third-order valence-electron chi connectivity index (χ3n) is 7.31. The molecule has 4 aromatic rings. The average molecular weight is 529 g/mol. The van der Waals surface area contributed by atoms with Crippen molar-refractivity contribution >= 4 is 33.8 Å². The Morgan fingerprint density at radius 3 is 2.56 bits per heavy atom. The Balaban J connectivity index is 1.49. The van der Waals surface area contributed by atoms with Gasteiger partial charge in [0.25, 0.3) is 0 Å². The van der Waals surface area contributed by atoms with Crippen molar-refractivity contribution in [1.29, 1.82) is 0 Å². The highest BCUT2D eigenvalue weighted by atomic mass is 19.1. The normalized spacial score (nSPS) is 17.4. The zero-order valence-electron chi connectivity index (χ0n) is 22.6. The summed E-state index contributed by atoms with van der Waals surface area (Å²) in [6.45, 7) is 11.3. The number of pyridine rings is 3. The lowest BCUT2D eigenvalue weighted by atomic mass is 10.0. The Morgan fingerprint density at radius 1 is 0.974 bits per heavy atom. The number of nitrogens with zero attached hydrogens (tertiary/aromatic N) is 5. The van der Waals surface area contributed by atoms with Crippen LogP contribution in [-0.4, -0.2) is 66.6 Å². The molecule has 202 valence electrons. The van der Waals surface area contributed by atoms with Crippen molar-refractivity contribution in [2.24, 2.45) is 0 Å². The van der Waals surface area contributed by atoms with Gasteiger partial charge in [-0.15, -0.1) is 0 Å². The first-order chi connectivity index (χ1) is 18.9. The van der Waals surface area contributed by atoms with Crippen LogP contribution >= 0.6 is 0 Å². The minimum Gasteiger partial charge on any atom is -0.378 e. The summed E-state index contributed by atoms with van der Waals surface area (Å²) in [6.07, 6.45) is 3.69. The van der Waals surface area contributed by atoms with Gasteiger partial charge in [0, 0.05) is 49.4 Å². The molecule has 39 heavy (non-hydrogen) atoms. The van der Waals surface area contributed by atoms with E-state index in [0.29, 0.717) is 31.0 Å². The first kappa shape index (κ1) is 25.5. The van der Waals surface area contributed by atoms with E-state index in [9.17, 15) is 4.39 Å². The first-order valence-corrected chi connectivity index (χ1v) is 13.4. The number of hydrogen-bond donors (Lipinski definition) is 1. The molecule has 0 unspecified atom stereocenters. The van der Waals surface area contributed by atoms with E-state index in [1.54, 1.807) is 12.3 Å². The molecule has 6 rings (SSSR count). The molecule has 0 radical (unpaired) electrons. The standard InChI is InChI=1S/C30H33FN6O2/c1-20-27(23-8-7-21(31)16-25(23)34-28(20)24-6-4-5-9-32-24)35-26-17-22(37-12-15-39-30(2,3)19-37)18-33-29(26)36-10-13-38-14-11-36/h4-9,16-18H,10-15,19H2,1-3H3,(H,34,35). The van der Waals surface area contributed by atoms with E-state index in [0.717, 1.165) is 65.7 Å². The summed E-state index contributed by atoms with van der Waals surface area (Å²) in [6, 6.07) is 12.6. The van der Waals surface area contributed by atoms with Gasteiger partial charge in [-0.25, -0.2) is 14.4 Å². The Hall–Kier alpha value is -3.82. The number of morpholine rings is 2. The highest BCUT2D eigenvalue weighted by molar-refractivity contribution is 5.98. The van der Waals surface area contributed by atoms with Gasteiger partial charge in [-0.05, 0) is 51.1 Å². The van der Waals surface area contributed by atoms with Gasteiger partial charge in [-0.1, -0.05) is 6.07 Å². The van der Waals surface area contributed by atoms with Crippen molar-refractivity contribution in [3.8, 4) is 11.4 Å². The fraction of sp³-hybridized carbons (Fsp3) is 0.367. The van der Waals surface area contributed by atoms with Crippen molar-refractivity contribution in [3.05, 3.63) is 66.2 Å². The van der Waals surface area contributed by atoms with Crippen LogP contribution in [0.4, 0.5) is 27.3 Å². The number of anilines is 4. The van der Waals surface area contributed by atoms with Crippen LogP contribution in [0.2, 0.25) is 0 Å². The first-order valence-electron chi connectivity index (χ1n) is 13.4. The van der Waals surface area contributed by atoms with Gasteiger partial charge in [0.1, 0.15) is 5.82 Å². The Morgan fingerprint density at radius 2 is 1.79 bits per heavy atom. The van der Waals surface area contributed by atoms with Crippen molar-refractivity contribution in [1.82, 2.24) is 15.0 Å². The quantitative estimate of drug-likeness (QED) is 0.372. The van der Waals surface area contributed by atoms with Crippen LogP contribution in [0, 0.1) is 12.7 Å². The smallest absolute Gasteiger partial charge is 0.152 e. The van der Waals surface area contributed by atoms with E-state index in [4.69, 9.17) is 19.4 Å². The molecule has 2 aliphatic heterocycles. The molecule has 2 fully saturated rings. The molecule has 0 saturated carbocycles. The monoisotopic (exact) mass is 528 g/mol. The fourth-order valence-corrected chi connectivity index (χ4v) is 5.36. The molecule has 0 spiro atoms. The zero-order valence-corrected chi connectivity index (χ0v) is 22.6. The summed E-state index contributed by atoms with van der Waals surface area (Å²) in [5.74, 6) is 0.532. The third kappa shape index (κ3) is 5.24. The van der Waals surface area contributed by atoms with Crippen molar-refractivity contribution in [2.75, 3.05) is 61.1 Å². The fourth-order valence-electron chi connectivity index (χ4n) is 5.36. The largest absolute Gasteiger partial charge is 0.378 e. The SMILES string of the molecule is Cc1c(-c2ccccn2)nc2cc(F)ccc2c1Nc1cc(N2CCOC(C)(C)C2)cnc1N1CCOCC1. The number of nitrogens with one attached hydrogen (secondary N) is 1. The molecule has 1 N–H and O–H groups in total. The summed E-state index contributed by atoms with van der Waals surface area (Å²) < 4.78 is 25.9. The minimum atomic E-state index is -0.329. The summed E-state index contributed by atoms with van der Waals surface area (Å²) >= 11 is 0. The van der Waals surface area contributed by atoms with Crippen LogP contribution in [0.1, 0.15) is 19.4 Å². The third-order valence-corrected chi connectivity index (χ3v) is 7.31. The number of rotatable bonds is 5. The van der Waals surface area contributed by atoms with Gasteiger partial charge >= 0.3 is 0 Å². The molecule has 0 bridgehead atoms. The van der Waals surface area contributed by atoms with Crippen LogP contribution < -0.4 is 15.1 Å². The molecule has 2 saturated heterocycles. The van der Waals surface area contributed by atoms with Crippen LogP contribution in [0.15, 0.2) is 54.9 Å². The zero-order chi connectivity index (χ0) is 27.0. The number of ether oxygens (including phenoxy) is 2. The van der Waals surface area contributed by atoms with Crippen LogP contribution in [-0.2, 0) is 9.47 Å². The maximum atomic E-state index is 14.3. The summed E-state index contributed by atoms with van der Waals surface area (Å²) in [5, 5.41) is 4.55. The van der Waals surface area contributed by atoms with E-state index in [1.807, 2.05) is 31.3 Å². The van der Waals surface area contributed by atoms with Gasteiger partial charge in [-0.2, -0.15) is 0 Å². The van der Waals surface area contributed by atoms with E-state index in [2.05, 4.69) is 40.0 Å². The second-order valence-electron chi connectivity index (χ2n) is 10.7. The molecule has 9 heteroatoms. The molecule has 2 aliphatic rings. The Bertz CT molecular complexity index is 1490. The molecular weight excluding hydrogens is 495 g/mol. The average Bonchev–Trinajstić information content (AvgIpc) is 2.94. The highest BCUT2D eigenvalue weighted by Gasteiger charge is 2.28. The molecule has 0 amide bonds. The number of aromatic nitrogens is 3.